The fraction of sp³-hybridized carbons (Fsp3) is 0.364. The summed E-state index contributed by atoms with van der Waals surface area (Å²) in [5.74, 6) is 0.407. The highest BCUT2D eigenvalue weighted by atomic mass is 32.5. The lowest BCUT2D eigenvalue weighted by Crippen LogP contribution is -2.27. The van der Waals surface area contributed by atoms with Gasteiger partial charge >= 0.3 is 12.7 Å². The van der Waals surface area contributed by atoms with Gasteiger partial charge in [0.25, 0.3) is 0 Å². The topological polar surface area (TPSA) is 60.0 Å². The number of nitrogens with zero attached hydrogens (tertiary/aromatic N) is 1. The van der Waals surface area contributed by atoms with Crippen molar-refractivity contribution in [2.45, 2.75) is 0 Å². The molecule has 0 aromatic heterocycles. The summed E-state index contributed by atoms with van der Waals surface area (Å²) in [5, 5.41) is 2.70. The number of benzene rings is 1. The van der Waals surface area contributed by atoms with Crippen molar-refractivity contribution >= 4 is 30.2 Å². The maximum Gasteiger partial charge on any atom is 0.380 e. The van der Waals surface area contributed by atoms with Crippen LogP contribution in [0.1, 0.15) is 0 Å². The van der Waals surface area contributed by atoms with Gasteiger partial charge in [0.05, 0.1) is 5.69 Å². The molecule has 0 saturated carbocycles. The normalized spacial score (nSPS) is 10.9. The van der Waals surface area contributed by atoms with E-state index < -0.39 is 6.72 Å². The Morgan fingerprint density at radius 3 is 2.37 bits per heavy atom. The van der Waals surface area contributed by atoms with Gasteiger partial charge in [0.1, 0.15) is 0 Å². The van der Waals surface area contributed by atoms with Crippen molar-refractivity contribution in [2.24, 2.45) is 0 Å². The minimum Gasteiger partial charge on any atom is -0.422 e. The first-order valence-corrected chi connectivity index (χ1v) is 7.96. The Labute approximate surface area is 117 Å². The third-order valence-corrected chi connectivity index (χ3v) is 4.62. The van der Waals surface area contributed by atoms with Crippen molar-refractivity contribution in [3.8, 4) is 5.75 Å². The average Bonchev–Trinajstić information content (AvgIpc) is 2.40. The van der Waals surface area contributed by atoms with E-state index in [1.54, 1.807) is 38.4 Å². The summed E-state index contributed by atoms with van der Waals surface area (Å²) < 4.78 is 15.7. The molecule has 0 aliphatic heterocycles. The Morgan fingerprint density at radius 1 is 1.26 bits per heavy atom. The van der Waals surface area contributed by atoms with Crippen molar-refractivity contribution < 1.29 is 18.4 Å². The Hall–Kier alpha value is -1.14. The smallest absolute Gasteiger partial charge is 0.380 e. The van der Waals surface area contributed by atoms with Gasteiger partial charge in [-0.3, -0.25) is 0 Å². The number of nitrogens with one attached hydrogen (secondary N) is 1. The summed E-state index contributed by atoms with van der Waals surface area (Å²) >= 11 is 5.13. The van der Waals surface area contributed by atoms with Crippen molar-refractivity contribution in [1.29, 1.82) is 0 Å². The molecule has 8 heteroatoms. The number of carbonyl (C=O) groups excluding carboxylic acids is 1. The monoisotopic (exact) mass is 304 g/mol. The number of urea groups is 1. The zero-order valence-corrected chi connectivity index (χ0v) is 13.0. The molecule has 0 heterocycles. The van der Waals surface area contributed by atoms with Crippen LogP contribution in [0.15, 0.2) is 24.3 Å². The summed E-state index contributed by atoms with van der Waals surface area (Å²) in [5.41, 5.74) is 0.504. The van der Waals surface area contributed by atoms with Crippen LogP contribution in [0, 0.1) is 0 Å². The summed E-state index contributed by atoms with van der Waals surface area (Å²) in [7, 11) is 6.14. The van der Waals surface area contributed by atoms with Crippen LogP contribution in [0.25, 0.3) is 0 Å². The highest BCUT2D eigenvalue weighted by Gasteiger charge is 2.20. The fourth-order valence-corrected chi connectivity index (χ4v) is 2.09. The third kappa shape index (κ3) is 4.47. The van der Waals surface area contributed by atoms with Crippen LogP contribution < -0.4 is 9.84 Å². The Bertz CT molecular complexity index is 487. The highest BCUT2D eigenvalue weighted by molar-refractivity contribution is 8.07. The van der Waals surface area contributed by atoms with E-state index in [0.717, 1.165) is 0 Å². The summed E-state index contributed by atoms with van der Waals surface area (Å²) in [4.78, 5) is 13.1. The number of rotatable bonds is 5. The molecule has 0 radical (unpaired) electrons. The molecule has 1 aromatic rings. The molecule has 19 heavy (non-hydrogen) atoms. The van der Waals surface area contributed by atoms with E-state index in [4.69, 9.17) is 25.4 Å². The third-order valence-electron chi connectivity index (χ3n) is 2.19. The van der Waals surface area contributed by atoms with E-state index in [9.17, 15) is 4.79 Å². The lowest BCUT2D eigenvalue weighted by Gasteiger charge is -2.21. The van der Waals surface area contributed by atoms with Gasteiger partial charge in [0.2, 0.25) is 0 Å². The van der Waals surface area contributed by atoms with Crippen LogP contribution in [0.4, 0.5) is 10.5 Å². The molecule has 1 N–H and O–H groups in total. The molecule has 106 valence electrons. The molecule has 1 rings (SSSR count). The highest BCUT2D eigenvalue weighted by Crippen LogP contribution is 2.49. The van der Waals surface area contributed by atoms with Gasteiger partial charge in [-0.15, -0.1) is 0 Å². The van der Waals surface area contributed by atoms with Crippen LogP contribution >= 0.6 is 6.72 Å². The molecule has 0 fully saturated rings. The number of carbonyl (C=O) groups is 1. The molecule has 0 atom stereocenters. The quantitative estimate of drug-likeness (QED) is 0.848. The van der Waals surface area contributed by atoms with Gasteiger partial charge in [0, 0.05) is 40.1 Å². The first-order chi connectivity index (χ1) is 8.91. The molecule has 0 saturated heterocycles. The predicted octanol–water partition coefficient (Wildman–Crippen LogP) is 2.68. The van der Waals surface area contributed by atoms with Gasteiger partial charge in [-0.1, -0.05) is 12.1 Å². The molecular formula is C11H17N2O4PS. The molecule has 0 aliphatic carbocycles. The number of hydrogen-bond donors (Lipinski definition) is 1. The minimum atomic E-state index is -2.83. The number of amides is 2. The zero-order chi connectivity index (χ0) is 14.5. The van der Waals surface area contributed by atoms with E-state index in [-0.39, 0.29) is 6.03 Å². The van der Waals surface area contributed by atoms with Crippen molar-refractivity contribution in [1.82, 2.24) is 4.90 Å². The van der Waals surface area contributed by atoms with E-state index >= 15 is 0 Å². The lowest BCUT2D eigenvalue weighted by atomic mass is 10.3. The van der Waals surface area contributed by atoms with E-state index in [0.29, 0.717) is 11.4 Å². The first-order valence-electron chi connectivity index (χ1n) is 5.40. The average molecular weight is 304 g/mol. The van der Waals surface area contributed by atoms with Gasteiger partial charge in [-0.05, 0) is 12.1 Å². The largest absolute Gasteiger partial charge is 0.422 e. The van der Waals surface area contributed by atoms with Crippen LogP contribution in [0.5, 0.6) is 5.75 Å². The number of hydrogen-bond acceptors (Lipinski definition) is 5. The Morgan fingerprint density at radius 2 is 1.84 bits per heavy atom. The minimum absolute atomic E-state index is 0.265. The second-order valence-electron chi connectivity index (χ2n) is 3.72. The predicted molar refractivity (Wildman–Crippen MR) is 78.1 cm³/mol. The van der Waals surface area contributed by atoms with Gasteiger partial charge in [-0.2, -0.15) is 0 Å². The van der Waals surface area contributed by atoms with Crippen LogP contribution in [0.2, 0.25) is 0 Å². The molecule has 0 unspecified atom stereocenters. The summed E-state index contributed by atoms with van der Waals surface area (Å²) in [6, 6.07) is 6.68. The second kappa shape index (κ2) is 6.86. The van der Waals surface area contributed by atoms with Crippen LogP contribution in [-0.2, 0) is 20.9 Å². The first kappa shape index (κ1) is 15.9. The SMILES string of the molecule is COP(=S)(OC)Oc1ccccc1NC(=O)N(C)C. The Kier molecular flexibility index (Phi) is 5.75. The number of para-hydroxylation sites is 2. The Balaban J connectivity index is 2.96. The van der Waals surface area contributed by atoms with Crippen molar-refractivity contribution in [3.05, 3.63) is 24.3 Å². The summed E-state index contributed by atoms with van der Waals surface area (Å²) in [6.45, 7) is -2.83. The van der Waals surface area contributed by atoms with Crippen molar-refractivity contribution in [3.63, 3.8) is 0 Å². The van der Waals surface area contributed by atoms with E-state index in [2.05, 4.69) is 5.32 Å². The standard InChI is InChI=1S/C11H17N2O4PS/c1-13(2)11(14)12-9-7-5-6-8-10(9)17-18(19,15-3)16-4/h5-8H,1-4H3,(H,12,14). The molecule has 6 nitrogen and oxygen atoms in total. The maximum absolute atomic E-state index is 11.6. The van der Waals surface area contributed by atoms with Crippen molar-refractivity contribution in [2.75, 3.05) is 33.6 Å². The van der Waals surface area contributed by atoms with Gasteiger partial charge < -0.3 is 23.8 Å². The summed E-state index contributed by atoms with van der Waals surface area (Å²) in [6.07, 6.45) is 0. The van der Waals surface area contributed by atoms with Gasteiger partial charge in [-0.25, -0.2) is 4.79 Å². The molecule has 0 bridgehead atoms. The number of anilines is 1. The molecule has 0 spiro atoms. The van der Waals surface area contributed by atoms with Crippen LogP contribution in [-0.4, -0.2) is 39.2 Å². The molecule has 2 amide bonds. The lowest BCUT2D eigenvalue weighted by molar-refractivity contribution is 0.230. The fourth-order valence-electron chi connectivity index (χ4n) is 1.15. The zero-order valence-electron chi connectivity index (χ0n) is 11.2. The van der Waals surface area contributed by atoms with E-state index in [1.807, 2.05) is 0 Å². The molecular weight excluding hydrogens is 287 g/mol. The van der Waals surface area contributed by atoms with E-state index in [1.165, 1.54) is 19.1 Å². The molecule has 0 aliphatic rings. The van der Waals surface area contributed by atoms with Gasteiger partial charge in [0.15, 0.2) is 5.75 Å². The maximum atomic E-state index is 11.6. The second-order valence-corrected chi connectivity index (χ2v) is 6.87. The molecule has 1 aromatic carbocycles. The van der Waals surface area contributed by atoms with Crippen LogP contribution in [0.3, 0.4) is 0 Å².